The van der Waals surface area contributed by atoms with E-state index >= 15 is 0 Å². The Kier molecular flexibility index (Phi) is 6.73. The Bertz CT molecular complexity index is 1430. The Labute approximate surface area is 243 Å². The van der Waals surface area contributed by atoms with E-state index in [1.165, 1.54) is 13.2 Å². The molecule has 7 nitrogen and oxygen atoms in total. The van der Waals surface area contributed by atoms with Crippen LogP contribution in [0, 0.1) is 17.8 Å². The van der Waals surface area contributed by atoms with E-state index in [1.807, 2.05) is 6.08 Å². The van der Waals surface area contributed by atoms with E-state index in [9.17, 15) is 24.3 Å². The zero-order chi connectivity index (χ0) is 27.7. The van der Waals surface area contributed by atoms with Gasteiger partial charge in [0.2, 0.25) is 11.8 Å². The van der Waals surface area contributed by atoms with Gasteiger partial charge in [0, 0.05) is 33.2 Å². The molecule has 0 spiro atoms. The van der Waals surface area contributed by atoms with E-state index in [2.05, 4.69) is 31.9 Å². The van der Waals surface area contributed by atoms with Crippen LogP contribution in [0.4, 0.5) is 0 Å². The minimum Gasteiger partial charge on any atom is -0.503 e. The van der Waals surface area contributed by atoms with Gasteiger partial charge >= 0.3 is 0 Å². The van der Waals surface area contributed by atoms with E-state index in [1.54, 1.807) is 17.9 Å². The number of halogens is 2. The predicted octanol–water partition coefficient (Wildman–Crippen LogP) is 5.69. The second kappa shape index (κ2) is 9.84. The molecule has 39 heavy (non-hydrogen) atoms. The highest BCUT2D eigenvalue weighted by atomic mass is 79.9. The number of aromatic hydroxyl groups is 1. The van der Waals surface area contributed by atoms with Crippen molar-refractivity contribution in [3.05, 3.63) is 55.0 Å². The Morgan fingerprint density at radius 3 is 2.41 bits per heavy atom. The molecule has 0 radical (unpaired) electrons. The fraction of sp³-hybridized carbons (Fsp3) is 0.467. The number of hydrogen-bond acceptors (Lipinski definition) is 6. The fourth-order valence-electron chi connectivity index (χ4n) is 7.44. The summed E-state index contributed by atoms with van der Waals surface area (Å²) in [5, 5.41) is 10.6. The number of Topliss-reactive ketones (excluding diaryl/α,β-unsaturated/α-hetero) is 1. The minimum absolute atomic E-state index is 0.0588. The van der Waals surface area contributed by atoms with Gasteiger partial charge in [0.05, 0.1) is 23.4 Å². The fourth-order valence-corrected chi connectivity index (χ4v) is 8.39. The van der Waals surface area contributed by atoms with Crippen LogP contribution in [0.1, 0.15) is 63.4 Å². The smallest absolute Gasteiger partial charge is 0.233 e. The van der Waals surface area contributed by atoms with Gasteiger partial charge in [0.15, 0.2) is 23.1 Å². The maximum absolute atomic E-state index is 14.0. The first-order valence-corrected chi connectivity index (χ1v) is 15.1. The third-order valence-electron chi connectivity index (χ3n) is 9.24. The lowest BCUT2D eigenvalue weighted by atomic mass is 9.59. The molecule has 2 amide bonds. The first-order chi connectivity index (χ1) is 18.6. The van der Waals surface area contributed by atoms with Crippen LogP contribution in [0.2, 0.25) is 0 Å². The number of allylic oxidation sites excluding steroid dienone is 6. The second-order valence-corrected chi connectivity index (χ2v) is 12.8. The van der Waals surface area contributed by atoms with E-state index in [0.717, 1.165) is 37.7 Å². The lowest BCUT2D eigenvalue weighted by molar-refractivity contribution is -0.143. The number of rotatable bonds is 3. The summed E-state index contributed by atoms with van der Waals surface area (Å²) in [7, 11) is 1.45. The number of carbonyl (C=O) groups is 4. The molecule has 1 aliphatic heterocycles. The largest absolute Gasteiger partial charge is 0.503 e. The molecule has 1 heterocycles. The van der Waals surface area contributed by atoms with Gasteiger partial charge in [0.1, 0.15) is 0 Å². The second-order valence-electron chi connectivity index (χ2n) is 11.2. The summed E-state index contributed by atoms with van der Waals surface area (Å²) in [4.78, 5) is 56.2. The third kappa shape index (κ3) is 3.94. The maximum Gasteiger partial charge on any atom is 0.233 e. The summed E-state index contributed by atoms with van der Waals surface area (Å²) in [5.74, 6) is -2.57. The van der Waals surface area contributed by atoms with E-state index < -0.39 is 17.8 Å². The molecular formula is C30H29Br2NO6. The molecule has 204 valence electrons. The average molecular weight is 659 g/mol. The molecule has 1 saturated heterocycles. The van der Waals surface area contributed by atoms with Gasteiger partial charge in [-0.25, -0.2) is 0 Å². The van der Waals surface area contributed by atoms with Gasteiger partial charge in [-0.15, -0.1) is 0 Å². The molecule has 9 heteroatoms. The summed E-state index contributed by atoms with van der Waals surface area (Å²) in [6.45, 7) is 1.64. The maximum atomic E-state index is 14.0. The van der Waals surface area contributed by atoms with Crippen LogP contribution in [0.25, 0.3) is 0 Å². The third-order valence-corrected chi connectivity index (χ3v) is 11.4. The topological polar surface area (TPSA) is 101 Å². The minimum atomic E-state index is -0.632. The van der Waals surface area contributed by atoms with E-state index in [-0.39, 0.29) is 53.3 Å². The molecule has 1 aromatic carbocycles. The van der Waals surface area contributed by atoms with Crippen molar-refractivity contribution in [3.63, 3.8) is 0 Å². The number of benzene rings is 1. The van der Waals surface area contributed by atoms with Crippen LogP contribution in [0.15, 0.2) is 49.5 Å². The Morgan fingerprint density at radius 2 is 1.72 bits per heavy atom. The van der Waals surface area contributed by atoms with Crippen molar-refractivity contribution >= 4 is 55.2 Å². The van der Waals surface area contributed by atoms with Crippen LogP contribution < -0.4 is 4.74 Å². The molecule has 0 unspecified atom stereocenters. The van der Waals surface area contributed by atoms with Gasteiger partial charge in [-0.3, -0.25) is 24.1 Å². The van der Waals surface area contributed by atoms with Crippen LogP contribution in [0.5, 0.6) is 11.5 Å². The molecule has 1 N–H and O–H groups in total. The molecule has 4 atom stereocenters. The molecule has 6 rings (SSSR count). The number of amides is 2. The first-order valence-electron chi connectivity index (χ1n) is 13.5. The summed E-state index contributed by atoms with van der Waals surface area (Å²) in [5.41, 5.74) is 2.70. The van der Waals surface area contributed by atoms with E-state index in [4.69, 9.17) is 4.74 Å². The van der Waals surface area contributed by atoms with Crippen molar-refractivity contribution in [2.45, 2.75) is 63.8 Å². The standard InChI is InChI=1S/C30H29Br2NO6/c1-13-10-20(34)24-19(27(13)35)11-17-15(22(24)18-12-21(39-2)28(36)26(32)25(18)31)8-9-16-23(17)30(38)33(29(16)37)14-6-4-3-5-7-14/h8,10,12,14,16-17,22-23,36H,3-7,9,11H2,1-2H3/t16-,17+,22+,23-/m0/s1. The first kappa shape index (κ1) is 26.7. The summed E-state index contributed by atoms with van der Waals surface area (Å²) in [6, 6.07) is 1.62. The number of ether oxygens (including phenoxy) is 1. The number of methoxy groups -OCH3 is 1. The molecule has 1 saturated carbocycles. The van der Waals surface area contributed by atoms with Crippen molar-refractivity contribution in [1.29, 1.82) is 0 Å². The number of nitrogens with zero attached hydrogens (tertiary/aromatic N) is 1. The zero-order valence-electron chi connectivity index (χ0n) is 21.8. The molecule has 2 fully saturated rings. The van der Waals surface area contributed by atoms with Crippen LogP contribution in [0.3, 0.4) is 0 Å². The normalized spacial score (nSPS) is 29.2. The van der Waals surface area contributed by atoms with Crippen molar-refractivity contribution < 1.29 is 29.0 Å². The van der Waals surface area contributed by atoms with Gasteiger partial charge in [-0.2, -0.15) is 0 Å². The summed E-state index contributed by atoms with van der Waals surface area (Å²) >= 11 is 7.03. The van der Waals surface area contributed by atoms with Crippen molar-refractivity contribution in [2.75, 3.05) is 7.11 Å². The number of phenolic OH excluding ortho intramolecular Hbond substituents is 1. The number of fused-ring (bicyclic) bond motifs is 3. The van der Waals surface area contributed by atoms with Gasteiger partial charge in [-0.05, 0) is 88.1 Å². The van der Waals surface area contributed by atoms with Gasteiger partial charge < -0.3 is 9.84 Å². The van der Waals surface area contributed by atoms with Crippen molar-refractivity contribution in [3.8, 4) is 11.5 Å². The highest BCUT2D eigenvalue weighted by molar-refractivity contribution is 9.13. The molecule has 1 aromatic rings. The van der Waals surface area contributed by atoms with Crippen LogP contribution >= 0.6 is 31.9 Å². The van der Waals surface area contributed by atoms with E-state index in [0.29, 0.717) is 37.6 Å². The van der Waals surface area contributed by atoms with Crippen molar-refractivity contribution in [2.24, 2.45) is 17.8 Å². The predicted molar refractivity (Wildman–Crippen MR) is 150 cm³/mol. The Hall–Kier alpha value is -2.52. The SMILES string of the molecule is COc1cc([C@H]2C3=CC[C@@H]4C(=O)N(C5CCCCC5)C(=O)[C@@H]4[C@@H]3CC3=C2C(=O)C=C(C)C3=O)c(Br)c(Br)c1O. The highest BCUT2D eigenvalue weighted by Crippen LogP contribution is 2.57. The zero-order valence-corrected chi connectivity index (χ0v) is 24.9. The molecular weight excluding hydrogens is 630 g/mol. The lowest BCUT2D eigenvalue weighted by Gasteiger charge is -2.42. The number of phenols is 1. The van der Waals surface area contributed by atoms with Crippen LogP contribution in [-0.2, 0) is 19.2 Å². The highest BCUT2D eigenvalue weighted by Gasteiger charge is 2.57. The molecule has 5 aliphatic rings. The number of hydrogen-bond donors (Lipinski definition) is 1. The lowest BCUT2D eigenvalue weighted by Crippen LogP contribution is -2.43. The molecule has 0 bridgehead atoms. The molecule has 0 aromatic heterocycles. The number of imide groups is 1. The number of likely N-dealkylation sites (tertiary alicyclic amines) is 1. The average Bonchev–Trinajstić information content (AvgIpc) is 3.19. The Balaban J connectivity index is 1.51. The Morgan fingerprint density at radius 1 is 1.00 bits per heavy atom. The van der Waals surface area contributed by atoms with Crippen LogP contribution in [-0.4, -0.2) is 46.5 Å². The number of carbonyl (C=O) groups excluding carboxylic acids is 4. The quantitative estimate of drug-likeness (QED) is 0.255. The monoisotopic (exact) mass is 657 g/mol. The number of ketones is 2. The molecule has 4 aliphatic carbocycles. The summed E-state index contributed by atoms with van der Waals surface area (Å²) < 4.78 is 6.33. The van der Waals surface area contributed by atoms with Gasteiger partial charge in [-0.1, -0.05) is 30.9 Å². The van der Waals surface area contributed by atoms with Gasteiger partial charge in [0.25, 0.3) is 0 Å². The van der Waals surface area contributed by atoms with Crippen molar-refractivity contribution in [1.82, 2.24) is 4.90 Å². The summed E-state index contributed by atoms with van der Waals surface area (Å²) in [6.07, 6.45) is 8.88.